The summed E-state index contributed by atoms with van der Waals surface area (Å²) in [5.41, 5.74) is 4.96. The van der Waals surface area contributed by atoms with E-state index in [2.05, 4.69) is 4.98 Å². The van der Waals surface area contributed by atoms with E-state index in [4.69, 9.17) is 22.1 Å². The van der Waals surface area contributed by atoms with Crippen molar-refractivity contribution in [3.05, 3.63) is 40.9 Å². The summed E-state index contributed by atoms with van der Waals surface area (Å²) < 4.78 is 43.5. The Hall–Kier alpha value is -1.95. The van der Waals surface area contributed by atoms with Gasteiger partial charge >= 0.3 is 6.18 Å². The minimum atomic E-state index is -4.50. The van der Waals surface area contributed by atoms with Gasteiger partial charge in [-0.3, -0.25) is 0 Å². The summed E-state index contributed by atoms with van der Waals surface area (Å²) in [5, 5.41) is 0.360. The van der Waals surface area contributed by atoms with E-state index in [9.17, 15) is 13.2 Å². The van der Waals surface area contributed by atoms with Crippen LogP contribution in [-0.4, -0.2) is 12.1 Å². The molecule has 0 aliphatic rings. The largest absolute Gasteiger partial charge is 0.496 e. The molecule has 0 fully saturated rings. The van der Waals surface area contributed by atoms with Crippen molar-refractivity contribution >= 4 is 17.4 Å². The van der Waals surface area contributed by atoms with E-state index in [1.54, 1.807) is 12.1 Å². The van der Waals surface area contributed by atoms with Crippen LogP contribution in [0.25, 0.3) is 11.3 Å². The van der Waals surface area contributed by atoms with Crippen LogP contribution in [0.1, 0.15) is 5.56 Å². The van der Waals surface area contributed by atoms with Crippen molar-refractivity contribution in [1.29, 1.82) is 0 Å². The lowest BCUT2D eigenvalue weighted by atomic mass is 10.1. The molecule has 0 atom stereocenters. The normalized spacial score (nSPS) is 11.4. The summed E-state index contributed by atoms with van der Waals surface area (Å²) in [4.78, 5) is 3.91. The molecule has 0 spiro atoms. The minimum absolute atomic E-state index is 0.0525. The molecule has 7 heteroatoms. The fraction of sp³-hybridized carbons (Fsp3) is 0.154. The predicted octanol–water partition coefficient (Wildman–Crippen LogP) is 4.01. The van der Waals surface area contributed by atoms with Crippen LogP contribution in [0.3, 0.4) is 0 Å². The molecule has 2 N–H and O–H groups in total. The first-order valence-electron chi connectivity index (χ1n) is 5.50. The van der Waals surface area contributed by atoms with Crippen molar-refractivity contribution in [2.24, 2.45) is 0 Å². The number of ether oxygens (including phenoxy) is 1. The summed E-state index contributed by atoms with van der Waals surface area (Å²) in [6, 6.07) is 6.28. The monoisotopic (exact) mass is 302 g/mol. The number of hydrogen-bond acceptors (Lipinski definition) is 3. The quantitative estimate of drug-likeness (QED) is 0.911. The van der Waals surface area contributed by atoms with Gasteiger partial charge in [-0.15, -0.1) is 0 Å². The van der Waals surface area contributed by atoms with E-state index < -0.39 is 11.7 Å². The van der Waals surface area contributed by atoms with Gasteiger partial charge in [0.15, 0.2) is 0 Å². The number of alkyl halides is 3. The number of aromatic nitrogens is 1. The molecule has 0 saturated carbocycles. The lowest BCUT2D eigenvalue weighted by Gasteiger charge is -2.12. The Morgan fingerprint density at radius 1 is 1.20 bits per heavy atom. The molecule has 0 aliphatic heterocycles. The number of nitrogens with two attached hydrogens (primary N) is 1. The molecule has 1 aromatic heterocycles. The predicted molar refractivity (Wildman–Crippen MR) is 70.6 cm³/mol. The van der Waals surface area contributed by atoms with Crippen LogP contribution >= 0.6 is 11.6 Å². The third-order valence-corrected chi connectivity index (χ3v) is 2.85. The summed E-state index contributed by atoms with van der Waals surface area (Å²) in [6.07, 6.45) is -4.50. The van der Waals surface area contributed by atoms with Crippen LogP contribution in [0.15, 0.2) is 30.3 Å². The van der Waals surface area contributed by atoms with Crippen molar-refractivity contribution in [2.45, 2.75) is 6.18 Å². The van der Waals surface area contributed by atoms with Gasteiger partial charge in [0.25, 0.3) is 0 Å². The molecule has 0 amide bonds. The maximum atomic E-state index is 12.8. The molecule has 0 saturated heterocycles. The summed E-state index contributed by atoms with van der Waals surface area (Å²) >= 11 is 5.86. The van der Waals surface area contributed by atoms with E-state index in [1.807, 2.05) is 0 Å². The van der Waals surface area contributed by atoms with Crippen molar-refractivity contribution in [1.82, 2.24) is 4.98 Å². The van der Waals surface area contributed by atoms with Gasteiger partial charge in [-0.25, -0.2) is 4.98 Å². The SMILES string of the molecule is COc1ccc(Cl)cc1-c1cc(C(F)(F)F)cc(N)n1. The summed E-state index contributed by atoms with van der Waals surface area (Å²) in [6.45, 7) is 0. The topological polar surface area (TPSA) is 48.1 Å². The molecule has 1 aromatic carbocycles. The zero-order chi connectivity index (χ0) is 14.9. The highest BCUT2D eigenvalue weighted by Gasteiger charge is 2.31. The smallest absolute Gasteiger partial charge is 0.416 e. The third kappa shape index (κ3) is 2.96. The maximum Gasteiger partial charge on any atom is 0.416 e. The summed E-state index contributed by atoms with van der Waals surface area (Å²) in [5.74, 6) is 0.137. The molecule has 0 unspecified atom stereocenters. The second kappa shape index (κ2) is 5.20. The van der Waals surface area contributed by atoms with E-state index in [0.717, 1.165) is 12.1 Å². The molecular formula is C13H10ClF3N2O. The minimum Gasteiger partial charge on any atom is -0.496 e. The number of rotatable bonds is 2. The molecule has 0 aliphatic carbocycles. The van der Waals surface area contributed by atoms with Gasteiger partial charge in [0, 0.05) is 10.6 Å². The molecule has 0 radical (unpaired) electrons. The third-order valence-electron chi connectivity index (χ3n) is 2.61. The molecule has 2 aromatic rings. The number of pyridine rings is 1. The zero-order valence-electron chi connectivity index (χ0n) is 10.3. The first-order valence-corrected chi connectivity index (χ1v) is 5.87. The Morgan fingerprint density at radius 2 is 1.90 bits per heavy atom. The van der Waals surface area contributed by atoms with Crippen molar-refractivity contribution in [2.75, 3.05) is 12.8 Å². The van der Waals surface area contributed by atoms with Gasteiger partial charge in [0.1, 0.15) is 11.6 Å². The van der Waals surface area contributed by atoms with Crippen LogP contribution in [0.4, 0.5) is 19.0 Å². The highest BCUT2D eigenvalue weighted by molar-refractivity contribution is 6.30. The molecule has 1 heterocycles. The fourth-order valence-corrected chi connectivity index (χ4v) is 1.91. The lowest BCUT2D eigenvalue weighted by Crippen LogP contribution is -2.07. The molecule has 3 nitrogen and oxygen atoms in total. The highest BCUT2D eigenvalue weighted by Crippen LogP contribution is 2.36. The first-order chi connectivity index (χ1) is 9.31. The van der Waals surface area contributed by atoms with Gasteiger partial charge in [-0.2, -0.15) is 13.2 Å². The molecule has 2 rings (SSSR count). The number of methoxy groups -OCH3 is 1. The van der Waals surface area contributed by atoms with Gasteiger partial charge in [-0.05, 0) is 30.3 Å². The molecule has 20 heavy (non-hydrogen) atoms. The summed E-state index contributed by atoms with van der Waals surface area (Å²) in [7, 11) is 1.41. The van der Waals surface area contributed by atoms with E-state index in [1.165, 1.54) is 13.2 Å². The van der Waals surface area contributed by atoms with Gasteiger partial charge in [-0.1, -0.05) is 11.6 Å². The van der Waals surface area contributed by atoms with Crippen LogP contribution in [0.2, 0.25) is 5.02 Å². The first kappa shape index (κ1) is 14.5. The molecule has 0 bridgehead atoms. The lowest BCUT2D eigenvalue weighted by molar-refractivity contribution is -0.137. The number of anilines is 1. The number of nitrogen functional groups attached to an aromatic ring is 1. The number of nitrogens with zero attached hydrogens (tertiary/aromatic N) is 1. The van der Waals surface area contributed by atoms with Crippen molar-refractivity contribution < 1.29 is 17.9 Å². The van der Waals surface area contributed by atoms with Crippen molar-refractivity contribution in [3.8, 4) is 17.0 Å². The second-order valence-electron chi connectivity index (χ2n) is 4.01. The number of halogens is 4. The van der Waals surface area contributed by atoms with Crippen molar-refractivity contribution in [3.63, 3.8) is 0 Å². The van der Waals surface area contributed by atoms with Gasteiger partial charge < -0.3 is 10.5 Å². The van der Waals surface area contributed by atoms with E-state index in [0.29, 0.717) is 16.3 Å². The Kier molecular flexibility index (Phi) is 3.76. The van der Waals surface area contributed by atoms with Gasteiger partial charge in [0.2, 0.25) is 0 Å². The van der Waals surface area contributed by atoms with Crippen LogP contribution < -0.4 is 10.5 Å². The van der Waals surface area contributed by atoms with E-state index in [-0.39, 0.29) is 11.5 Å². The standard InChI is InChI=1S/C13H10ClF3N2O/c1-20-11-3-2-8(14)6-9(11)10-4-7(13(15,16)17)5-12(18)19-10/h2-6H,1H3,(H2,18,19). The average molecular weight is 303 g/mol. The van der Waals surface area contributed by atoms with Gasteiger partial charge in [0.05, 0.1) is 18.4 Å². The van der Waals surface area contributed by atoms with Crippen LogP contribution in [0, 0.1) is 0 Å². The maximum absolute atomic E-state index is 12.8. The Labute approximate surface area is 118 Å². The van der Waals surface area contributed by atoms with Crippen LogP contribution in [0.5, 0.6) is 5.75 Å². The highest BCUT2D eigenvalue weighted by atomic mass is 35.5. The molecular weight excluding hydrogens is 293 g/mol. The zero-order valence-corrected chi connectivity index (χ0v) is 11.1. The number of hydrogen-bond donors (Lipinski definition) is 1. The Balaban J connectivity index is 2.64. The molecule has 106 valence electrons. The fourth-order valence-electron chi connectivity index (χ4n) is 1.73. The average Bonchev–Trinajstić information content (AvgIpc) is 2.37. The van der Waals surface area contributed by atoms with E-state index >= 15 is 0 Å². The van der Waals surface area contributed by atoms with Crippen LogP contribution in [-0.2, 0) is 6.18 Å². The second-order valence-corrected chi connectivity index (χ2v) is 4.44. The Bertz CT molecular complexity index is 644. The Morgan fingerprint density at radius 3 is 2.50 bits per heavy atom. The number of benzene rings is 1.